The van der Waals surface area contributed by atoms with Crippen molar-refractivity contribution in [1.29, 1.82) is 0 Å². The molecule has 0 aliphatic rings. The van der Waals surface area contributed by atoms with Crippen molar-refractivity contribution >= 4 is 12.1 Å². The van der Waals surface area contributed by atoms with Crippen LogP contribution in [0.25, 0.3) is 0 Å². The van der Waals surface area contributed by atoms with Crippen LogP contribution in [0.5, 0.6) is 5.75 Å². The molecule has 1 atom stereocenters. The van der Waals surface area contributed by atoms with Crippen molar-refractivity contribution in [2.75, 3.05) is 7.11 Å². The molecular weight excluding hydrogens is 344 g/mol. The number of nitrogens with two attached hydrogens (primary N) is 1. The van der Waals surface area contributed by atoms with Gasteiger partial charge in [0, 0.05) is 6.42 Å². The predicted octanol–water partition coefficient (Wildman–Crippen LogP) is 0.918. The van der Waals surface area contributed by atoms with Crippen LogP contribution in [0.4, 0.5) is 4.79 Å². The number of hydrogen-bond acceptors (Lipinski definition) is 7. The Balaban J connectivity index is 1.85. The molecule has 2 rings (SSSR count). The Morgan fingerprint density at radius 2 is 2.12 bits per heavy atom. The first-order valence-corrected chi connectivity index (χ1v) is 7.41. The van der Waals surface area contributed by atoms with Crippen LogP contribution in [0.15, 0.2) is 47.1 Å². The normalized spacial score (nSPS) is 11.2. The molecule has 3 N–H and O–H groups in total. The summed E-state index contributed by atoms with van der Waals surface area (Å²) in [6, 6.07) is 5.93. The Hall–Kier alpha value is -3.56. The Bertz CT molecular complexity index is 825. The Labute approximate surface area is 147 Å². The molecule has 11 heteroatoms. The van der Waals surface area contributed by atoms with Gasteiger partial charge in [-0.05, 0) is 17.7 Å². The molecule has 2 aromatic rings. The van der Waals surface area contributed by atoms with E-state index >= 15 is 0 Å². The van der Waals surface area contributed by atoms with Crippen LogP contribution in [0.1, 0.15) is 11.3 Å². The number of aliphatic carboxylic acids is 1. The number of carboxylic acid groups (broad SMARTS) is 1. The molecule has 0 saturated heterocycles. The van der Waals surface area contributed by atoms with Gasteiger partial charge in [0.05, 0.1) is 17.7 Å². The van der Waals surface area contributed by atoms with Crippen LogP contribution in [0, 0.1) is 0 Å². The van der Waals surface area contributed by atoms with Gasteiger partial charge >= 0.3 is 12.1 Å². The number of nitrogens with zero attached hydrogens (tertiary/aromatic N) is 5. The van der Waals surface area contributed by atoms with Crippen molar-refractivity contribution in [3.8, 4) is 5.75 Å². The molecule has 136 valence electrons. The van der Waals surface area contributed by atoms with Gasteiger partial charge in [-0.3, -0.25) is 4.79 Å². The number of imidazole rings is 1. The number of carbonyl (C=O) groups excluding carboxylic acids is 1. The van der Waals surface area contributed by atoms with Gasteiger partial charge in [-0.1, -0.05) is 16.8 Å². The Morgan fingerprint density at radius 3 is 2.77 bits per heavy atom. The van der Waals surface area contributed by atoms with Crippen LogP contribution < -0.4 is 15.4 Å². The number of amides is 1. The van der Waals surface area contributed by atoms with E-state index in [-0.39, 0.29) is 13.0 Å². The van der Waals surface area contributed by atoms with Gasteiger partial charge in [0.15, 0.2) is 0 Å². The van der Waals surface area contributed by atoms with Crippen molar-refractivity contribution in [2.24, 2.45) is 16.1 Å². The molecule has 11 nitrogen and oxygen atoms in total. The lowest BCUT2D eigenvalue weighted by atomic mass is 10.2. The van der Waals surface area contributed by atoms with Crippen LogP contribution >= 0.6 is 0 Å². The van der Waals surface area contributed by atoms with E-state index in [1.54, 1.807) is 31.4 Å². The highest BCUT2D eigenvalue weighted by Gasteiger charge is 2.15. The van der Waals surface area contributed by atoms with Gasteiger partial charge in [-0.15, -0.1) is 0 Å². The van der Waals surface area contributed by atoms with Gasteiger partial charge in [0.2, 0.25) is 11.6 Å². The van der Waals surface area contributed by atoms with E-state index in [1.807, 2.05) is 0 Å². The zero-order valence-electron chi connectivity index (χ0n) is 13.8. The molecule has 0 radical (unpaired) electrons. The number of carbonyl (C=O) groups is 2. The number of methoxy groups -OCH3 is 1. The lowest BCUT2D eigenvalue weighted by molar-refractivity contribution is -0.138. The van der Waals surface area contributed by atoms with Crippen LogP contribution in [0.2, 0.25) is 0 Å². The average molecular weight is 361 g/mol. The van der Waals surface area contributed by atoms with Gasteiger partial charge in [0.25, 0.3) is 0 Å². The maximum Gasteiger partial charge on any atom is 0.487 e. The standard InChI is InChI=1S/C15H16N6O5/c1-25-12-4-2-10(3-5-12)8-26-15(24)18-19-20-21-7-11(17-9-21)6-13(16)14(22)23/h2-5,7,9,13H,6,8,16H2,1H3/p+1/t13-/m0/s1. The molecule has 1 aromatic carbocycles. The highest BCUT2D eigenvalue weighted by molar-refractivity contribution is 5.73. The molecule has 1 amide bonds. The monoisotopic (exact) mass is 361 g/mol. The Morgan fingerprint density at radius 1 is 1.38 bits per heavy atom. The van der Waals surface area contributed by atoms with Gasteiger partial charge in [0.1, 0.15) is 29.7 Å². The first kappa shape index (κ1) is 18.8. The third kappa shape index (κ3) is 5.82. The lowest BCUT2D eigenvalue weighted by Gasteiger charge is -2.02. The molecular formula is C15H17N6O5+. The molecule has 26 heavy (non-hydrogen) atoms. The zero-order chi connectivity index (χ0) is 18.9. The SMILES string of the molecule is COc1ccc(COC(=O)N=[N+]=Nn2cnc(C[C@H](N)C(=O)O)c2)cc1. The molecule has 0 aliphatic heterocycles. The summed E-state index contributed by atoms with van der Waals surface area (Å²) in [5.41, 5.74) is 6.59. The fraction of sp³-hybridized carbons (Fsp3) is 0.267. The molecule has 0 unspecified atom stereocenters. The minimum Gasteiger partial charge on any atom is -0.497 e. The second kappa shape index (κ2) is 9.06. The van der Waals surface area contributed by atoms with Crippen molar-refractivity contribution in [3.05, 3.63) is 48.0 Å². The number of hydrogen-bond donors (Lipinski definition) is 2. The lowest BCUT2D eigenvalue weighted by Crippen LogP contribution is -2.32. The number of benzene rings is 1. The largest absolute Gasteiger partial charge is 0.497 e. The summed E-state index contributed by atoms with van der Waals surface area (Å²) < 4.78 is 11.1. The summed E-state index contributed by atoms with van der Waals surface area (Å²) in [6.07, 6.45) is 1.84. The number of ether oxygens (including phenoxy) is 2. The first-order chi connectivity index (χ1) is 12.5. The van der Waals surface area contributed by atoms with E-state index in [9.17, 15) is 9.59 Å². The highest BCUT2D eigenvalue weighted by Crippen LogP contribution is 2.12. The quantitative estimate of drug-likeness (QED) is 0.548. The maximum atomic E-state index is 11.5. The molecule has 0 bridgehead atoms. The van der Waals surface area contributed by atoms with E-state index < -0.39 is 18.1 Å². The summed E-state index contributed by atoms with van der Waals surface area (Å²) in [5.74, 6) is -0.432. The number of carboxylic acids is 1. The van der Waals surface area contributed by atoms with Crippen LogP contribution in [-0.4, -0.2) is 40.0 Å². The third-order valence-corrected chi connectivity index (χ3v) is 3.16. The summed E-state index contributed by atoms with van der Waals surface area (Å²) in [5, 5.41) is 15.6. The molecule has 0 spiro atoms. The van der Waals surface area contributed by atoms with Crippen LogP contribution in [-0.2, 0) is 22.6 Å². The summed E-state index contributed by atoms with van der Waals surface area (Å²) in [6.45, 7) is 0.0319. The Kier molecular flexibility index (Phi) is 6.54. The minimum absolute atomic E-state index is 0.0319. The number of rotatable bonds is 7. The summed E-state index contributed by atoms with van der Waals surface area (Å²) in [4.78, 5) is 29.4. The predicted molar refractivity (Wildman–Crippen MR) is 87.1 cm³/mol. The second-order valence-electron chi connectivity index (χ2n) is 5.08. The summed E-state index contributed by atoms with van der Waals surface area (Å²) in [7, 11) is 1.56. The zero-order valence-corrected chi connectivity index (χ0v) is 13.8. The van der Waals surface area contributed by atoms with Crippen molar-refractivity contribution in [1.82, 2.24) is 14.6 Å². The maximum absolute atomic E-state index is 11.5. The van der Waals surface area contributed by atoms with Gasteiger partial charge in [-0.25, -0.2) is 9.78 Å². The van der Waals surface area contributed by atoms with Crippen LogP contribution in [0.3, 0.4) is 0 Å². The van der Waals surface area contributed by atoms with Crippen molar-refractivity contribution in [2.45, 2.75) is 19.1 Å². The van der Waals surface area contributed by atoms with E-state index in [1.165, 1.54) is 17.2 Å². The first-order valence-electron chi connectivity index (χ1n) is 7.41. The van der Waals surface area contributed by atoms with E-state index in [0.29, 0.717) is 11.4 Å². The smallest absolute Gasteiger partial charge is 0.487 e. The molecule has 1 aromatic heterocycles. The molecule has 0 fully saturated rings. The van der Waals surface area contributed by atoms with Gasteiger partial charge < -0.3 is 20.3 Å². The molecule has 0 saturated carbocycles. The van der Waals surface area contributed by atoms with Gasteiger partial charge in [-0.2, -0.15) is 0 Å². The topological polar surface area (TPSA) is 155 Å². The van der Waals surface area contributed by atoms with E-state index in [0.717, 1.165) is 5.56 Å². The third-order valence-electron chi connectivity index (χ3n) is 3.16. The highest BCUT2D eigenvalue weighted by atomic mass is 16.5. The fourth-order valence-electron chi connectivity index (χ4n) is 1.82. The van der Waals surface area contributed by atoms with Crippen molar-refractivity contribution in [3.63, 3.8) is 0 Å². The second-order valence-corrected chi connectivity index (χ2v) is 5.08. The van der Waals surface area contributed by atoms with E-state index in [2.05, 4.69) is 20.2 Å². The van der Waals surface area contributed by atoms with E-state index in [4.69, 9.17) is 20.3 Å². The minimum atomic E-state index is -1.13. The summed E-state index contributed by atoms with van der Waals surface area (Å²) >= 11 is 0. The molecule has 0 aliphatic carbocycles. The number of aromatic nitrogens is 2. The van der Waals surface area contributed by atoms with Crippen molar-refractivity contribution < 1.29 is 24.2 Å². The average Bonchev–Trinajstić information content (AvgIpc) is 3.07. The fourth-order valence-corrected chi connectivity index (χ4v) is 1.82. The molecule has 1 heterocycles.